The highest BCUT2D eigenvalue weighted by Gasteiger charge is 2.34. The van der Waals surface area contributed by atoms with Gasteiger partial charge in [0.1, 0.15) is 4.88 Å². The van der Waals surface area contributed by atoms with E-state index < -0.39 is 5.97 Å². The standard InChI is InChI=1S/C14H27N.C6H7NO2S/c1-3-13(4-2)15-14-9-7-12(8-10-14)11-5-6-11;1-3-5(6(8)9)10-4(2)7-3/h11-15H,3-10H2,1-2H3;1-2H3,(H,8,9). The number of hydrogen-bond donors (Lipinski definition) is 2. The number of aromatic nitrogens is 1. The zero-order valence-electron chi connectivity index (χ0n) is 16.2. The zero-order valence-corrected chi connectivity index (χ0v) is 17.0. The molecule has 1 heterocycles. The summed E-state index contributed by atoms with van der Waals surface area (Å²) in [5.74, 6) is 1.35. The van der Waals surface area contributed by atoms with E-state index in [0.29, 0.717) is 10.6 Å². The van der Waals surface area contributed by atoms with Gasteiger partial charge in [0.25, 0.3) is 0 Å². The van der Waals surface area contributed by atoms with Crippen LogP contribution in [0.2, 0.25) is 0 Å². The van der Waals surface area contributed by atoms with Gasteiger partial charge in [0.05, 0.1) is 10.7 Å². The molecule has 1 aromatic heterocycles. The number of carboxylic acid groups (broad SMARTS) is 1. The highest BCUT2D eigenvalue weighted by molar-refractivity contribution is 7.13. The molecule has 25 heavy (non-hydrogen) atoms. The monoisotopic (exact) mass is 366 g/mol. The first kappa shape index (κ1) is 20.4. The van der Waals surface area contributed by atoms with Gasteiger partial charge in [0, 0.05) is 12.1 Å². The number of carbonyl (C=O) groups is 1. The minimum absolute atomic E-state index is 0.345. The molecule has 3 rings (SSSR count). The molecule has 2 N–H and O–H groups in total. The first-order chi connectivity index (χ1) is 11.9. The zero-order chi connectivity index (χ0) is 18.4. The van der Waals surface area contributed by atoms with Crippen LogP contribution in [-0.4, -0.2) is 28.1 Å². The van der Waals surface area contributed by atoms with Crippen LogP contribution in [0.15, 0.2) is 0 Å². The second-order valence-corrected chi connectivity index (χ2v) is 8.78. The fraction of sp³-hybridized carbons (Fsp3) is 0.800. The van der Waals surface area contributed by atoms with Crippen LogP contribution in [0.3, 0.4) is 0 Å². The largest absolute Gasteiger partial charge is 0.477 e. The summed E-state index contributed by atoms with van der Waals surface area (Å²) in [4.78, 5) is 14.7. The normalized spacial score (nSPS) is 23.2. The molecule has 0 bridgehead atoms. The molecule has 2 aliphatic carbocycles. The first-order valence-electron chi connectivity index (χ1n) is 9.87. The molecule has 2 fully saturated rings. The van der Waals surface area contributed by atoms with Gasteiger partial charge in [-0.05, 0) is 77.0 Å². The van der Waals surface area contributed by atoms with Crippen molar-refractivity contribution in [1.82, 2.24) is 10.3 Å². The van der Waals surface area contributed by atoms with Crippen LogP contribution in [0.25, 0.3) is 0 Å². The second-order valence-electron chi connectivity index (χ2n) is 7.58. The maximum atomic E-state index is 10.4. The van der Waals surface area contributed by atoms with Crippen LogP contribution >= 0.6 is 11.3 Å². The molecule has 0 unspecified atom stereocenters. The number of rotatable bonds is 6. The molecule has 0 aliphatic heterocycles. The highest BCUT2D eigenvalue weighted by atomic mass is 32.1. The van der Waals surface area contributed by atoms with Gasteiger partial charge in [0.15, 0.2) is 0 Å². The summed E-state index contributed by atoms with van der Waals surface area (Å²) in [6.07, 6.45) is 11.5. The third-order valence-corrected chi connectivity index (χ3v) is 6.68. The lowest BCUT2D eigenvalue weighted by Crippen LogP contribution is -2.40. The minimum atomic E-state index is -0.886. The van der Waals surface area contributed by atoms with Crippen molar-refractivity contribution in [2.45, 2.75) is 91.1 Å². The molecule has 0 atom stereocenters. The van der Waals surface area contributed by atoms with E-state index in [0.717, 1.165) is 28.9 Å². The quantitative estimate of drug-likeness (QED) is 0.727. The van der Waals surface area contributed by atoms with Gasteiger partial charge in [-0.2, -0.15) is 0 Å². The summed E-state index contributed by atoms with van der Waals surface area (Å²) >= 11 is 1.21. The van der Waals surface area contributed by atoms with Crippen molar-refractivity contribution in [1.29, 1.82) is 0 Å². The van der Waals surface area contributed by atoms with Gasteiger partial charge in [-0.1, -0.05) is 13.8 Å². The van der Waals surface area contributed by atoms with Crippen molar-refractivity contribution in [2.24, 2.45) is 11.8 Å². The molecule has 2 saturated carbocycles. The van der Waals surface area contributed by atoms with Crippen molar-refractivity contribution < 1.29 is 9.90 Å². The van der Waals surface area contributed by atoms with E-state index in [-0.39, 0.29) is 0 Å². The second kappa shape index (κ2) is 9.67. The fourth-order valence-corrected chi connectivity index (χ4v) is 4.67. The summed E-state index contributed by atoms with van der Waals surface area (Å²) in [5, 5.41) is 13.2. The molecule has 142 valence electrons. The molecule has 4 nitrogen and oxygen atoms in total. The Morgan fingerprint density at radius 3 is 1.96 bits per heavy atom. The van der Waals surface area contributed by atoms with E-state index in [4.69, 9.17) is 5.11 Å². The molecule has 5 heteroatoms. The predicted molar refractivity (Wildman–Crippen MR) is 105 cm³/mol. The van der Waals surface area contributed by atoms with Crippen molar-refractivity contribution >= 4 is 17.3 Å². The molecule has 1 aromatic rings. The molecular formula is C20H34N2O2S. The average Bonchev–Trinajstić information content (AvgIpc) is 3.38. The molecule has 0 aromatic carbocycles. The lowest BCUT2D eigenvalue weighted by molar-refractivity contribution is 0.0701. The van der Waals surface area contributed by atoms with Gasteiger partial charge < -0.3 is 10.4 Å². The van der Waals surface area contributed by atoms with Crippen molar-refractivity contribution in [2.75, 3.05) is 0 Å². The Kier molecular flexibility index (Phi) is 7.88. The lowest BCUT2D eigenvalue weighted by atomic mass is 9.83. The van der Waals surface area contributed by atoms with E-state index in [9.17, 15) is 4.79 Å². The highest BCUT2D eigenvalue weighted by Crippen LogP contribution is 2.43. The summed E-state index contributed by atoms with van der Waals surface area (Å²) in [6, 6.07) is 1.61. The molecule has 0 saturated heterocycles. The maximum Gasteiger partial charge on any atom is 0.347 e. The maximum absolute atomic E-state index is 10.4. The van der Waals surface area contributed by atoms with Crippen molar-refractivity contribution in [3.63, 3.8) is 0 Å². The van der Waals surface area contributed by atoms with Crippen LogP contribution < -0.4 is 5.32 Å². The lowest BCUT2D eigenvalue weighted by Gasteiger charge is -2.31. The third-order valence-electron chi connectivity index (χ3n) is 5.62. The van der Waals surface area contributed by atoms with Crippen LogP contribution in [-0.2, 0) is 0 Å². The van der Waals surface area contributed by atoms with E-state index in [1.54, 1.807) is 13.8 Å². The number of hydrogen-bond acceptors (Lipinski definition) is 4. The summed E-state index contributed by atoms with van der Waals surface area (Å²) in [5.41, 5.74) is 0.606. The molecule has 0 amide bonds. The summed E-state index contributed by atoms with van der Waals surface area (Å²) in [6.45, 7) is 8.10. The smallest absolute Gasteiger partial charge is 0.347 e. The topological polar surface area (TPSA) is 62.2 Å². The molecule has 0 radical (unpaired) electrons. The van der Waals surface area contributed by atoms with Crippen LogP contribution in [0.1, 0.15) is 85.6 Å². The van der Waals surface area contributed by atoms with Gasteiger partial charge in [-0.3, -0.25) is 0 Å². The van der Waals surface area contributed by atoms with E-state index in [1.807, 2.05) is 0 Å². The Labute approximate surface area is 156 Å². The third kappa shape index (κ3) is 6.37. The van der Waals surface area contributed by atoms with Crippen LogP contribution in [0.4, 0.5) is 0 Å². The Hall–Kier alpha value is -0.940. The SMILES string of the molecule is CCC(CC)NC1CCC(C2CC2)CC1.Cc1nc(C)c(C(=O)O)s1. The Bertz CT molecular complexity index is 542. The fourth-order valence-electron chi connectivity index (χ4n) is 3.91. The van der Waals surface area contributed by atoms with Gasteiger partial charge in [-0.15, -0.1) is 11.3 Å². The summed E-state index contributed by atoms with van der Waals surface area (Å²) in [7, 11) is 0. The average molecular weight is 367 g/mol. The van der Waals surface area contributed by atoms with Crippen LogP contribution in [0, 0.1) is 25.7 Å². The molecular weight excluding hydrogens is 332 g/mol. The molecule has 2 aliphatic rings. The van der Waals surface area contributed by atoms with Gasteiger partial charge in [0.2, 0.25) is 0 Å². The van der Waals surface area contributed by atoms with Gasteiger partial charge >= 0.3 is 5.97 Å². The minimum Gasteiger partial charge on any atom is -0.477 e. The van der Waals surface area contributed by atoms with E-state index in [2.05, 4.69) is 24.1 Å². The van der Waals surface area contributed by atoms with Crippen molar-refractivity contribution in [3.8, 4) is 0 Å². The van der Waals surface area contributed by atoms with E-state index in [1.165, 1.54) is 62.7 Å². The first-order valence-corrected chi connectivity index (χ1v) is 10.7. The predicted octanol–water partition coefficient (Wildman–Crippen LogP) is 5.19. The number of carboxylic acids is 1. The number of aryl methyl sites for hydroxylation is 2. The number of thiazole rings is 1. The van der Waals surface area contributed by atoms with Crippen molar-refractivity contribution in [3.05, 3.63) is 15.6 Å². The van der Waals surface area contributed by atoms with E-state index >= 15 is 0 Å². The Morgan fingerprint density at radius 1 is 1.12 bits per heavy atom. The number of aromatic carboxylic acids is 1. The number of nitrogens with one attached hydrogen (secondary N) is 1. The summed E-state index contributed by atoms with van der Waals surface area (Å²) < 4.78 is 0. The van der Waals surface area contributed by atoms with Crippen LogP contribution in [0.5, 0.6) is 0 Å². The molecule has 0 spiro atoms. The number of nitrogens with zero attached hydrogens (tertiary/aromatic N) is 1. The Balaban J connectivity index is 0.000000196. The van der Waals surface area contributed by atoms with Gasteiger partial charge in [-0.25, -0.2) is 9.78 Å². The Morgan fingerprint density at radius 2 is 1.64 bits per heavy atom.